The number of aliphatic hydroxyl groups is 1. The average Bonchev–Trinajstić information content (AvgIpc) is 2.40. The lowest BCUT2D eigenvalue weighted by atomic mass is 9.76. The molecule has 1 saturated heterocycles. The molecular formula is C8H14O2. The molecule has 0 spiro atoms. The number of hydrogen-bond donors (Lipinski definition) is 1. The quantitative estimate of drug-likeness (QED) is 0.510. The minimum Gasteiger partial charge on any atom is -0.390 e. The zero-order valence-corrected chi connectivity index (χ0v) is 6.50. The van der Waals surface area contributed by atoms with Gasteiger partial charge < -0.3 is 9.84 Å². The monoisotopic (exact) mass is 142 g/mol. The van der Waals surface area contributed by atoms with Gasteiger partial charge in [-0.2, -0.15) is 0 Å². The van der Waals surface area contributed by atoms with Gasteiger partial charge in [-0.15, -0.1) is 0 Å². The zero-order chi connectivity index (χ0) is 7.35. The van der Waals surface area contributed by atoms with Crippen molar-refractivity contribution in [3.8, 4) is 0 Å². The number of hydrogen-bond acceptors (Lipinski definition) is 2. The molecule has 0 aromatic carbocycles. The van der Waals surface area contributed by atoms with Crippen LogP contribution in [-0.2, 0) is 4.74 Å². The summed E-state index contributed by atoms with van der Waals surface area (Å²) in [5.41, 5.74) is 0.289. The SMILES string of the molecule is CC1(C)C[C@H](O)[C@@H]2O[C@@H]2C1. The maximum atomic E-state index is 9.43. The molecule has 1 N–H and O–H groups in total. The van der Waals surface area contributed by atoms with Crippen molar-refractivity contribution in [1.29, 1.82) is 0 Å². The van der Waals surface area contributed by atoms with Gasteiger partial charge in [-0.05, 0) is 18.3 Å². The van der Waals surface area contributed by atoms with Crippen molar-refractivity contribution in [2.75, 3.05) is 0 Å². The second-order valence-electron chi connectivity index (χ2n) is 4.28. The predicted molar refractivity (Wildman–Crippen MR) is 37.7 cm³/mol. The molecule has 1 aliphatic carbocycles. The molecule has 2 nitrogen and oxygen atoms in total. The van der Waals surface area contributed by atoms with Gasteiger partial charge in [0.2, 0.25) is 0 Å². The van der Waals surface area contributed by atoms with E-state index in [9.17, 15) is 5.11 Å². The summed E-state index contributed by atoms with van der Waals surface area (Å²) >= 11 is 0. The number of ether oxygens (including phenoxy) is 1. The third-order valence-corrected chi connectivity index (χ3v) is 2.52. The fourth-order valence-electron chi connectivity index (χ4n) is 1.97. The lowest BCUT2D eigenvalue weighted by Gasteiger charge is -2.29. The molecule has 1 heterocycles. The van der Waals surface area contributed by atoms with Crippen LogP contribution in [0.15, 0.2) is 0 Å². The van der Waals surface area contributed by atoms with E-state index in [0.717, 1.165) is 12.8 Å². The van der Waals surface area contributed by atoms with Crippen LogP contribution in [0.5, 0.6) is 0 Å². The highest BCUT2D eigenvalue weighted by Crippen LogP contribution is 2.45. The first-order chi connectivity index (χ1) is 4.58. The van der Waals surface area contributed by atoms with E-state index in [1.807, 2.05) is 0 Å². The summed E-state index contributed by atoms with van der Waals surface area (Å²) in [5, 5.41) is 9.43. The summed E-state index contributed by atoms with van der Waals surface area (Å²) in [5.74, 6) is 0. The first-order valence-electron chi connectivity index (χ1n) is 3.92. The van der Waals surface area contributed by atoms with Crippen LogP contribution in [0.3, 0.4) is 0 Å². The molecule has 0 bridgehead atoms. The summed E-state index contributed by atoms with van der Waals surface area (Å²) in [6.45, 7) is 4.38. The molecule has 3 atom stereocenters. The van der Waals surface area contributed by atoms with E-state index in [2.05, 4.69) is 13.8 Å². The van der Waals surface area contributed by atoms with Crippen LogP contribution in [-0.4, -0.2) is 23.4 Å². The molecule has 0 radical (unpaired) electrons. The van der Waals surface area contributed by atoms with Crippen LogP contribution in [0.1, 0.15) is 26.7 Å². The Balaban J connectivity index is 2.06. The molecule has 1 saturated carbocycles. The average molecular weight is 142 g/mol. The molecule has 58 valence electrons. The van der Waals surface area contributed by atoms with Gasteiger partial charge in [-0.3, -0.25) is 0 Å². The van der Waals surface area contributed by atoms with E-state index in [1.165, 1.54) is 0 Å². The normalized spacial score (nSPS) is 50.1. The standard InChI is InChI=1S/C8H14O2/c1-8(2)3-5(9)7-6(4-8)10-7/h5-7,9H,3-4H2,1-2H3/t5-,6+,7-/m0/s1. The zero-order valence-electron chi connectivity index (χ0n) is 6.50. The summed E-state index contributed by atoms with van der Waals surface area (Å²) in [7, 11) is 0. The Morgan fingerprint density at radius 3 is 2.70 bits per heavy atom. The maximum Gasteiger partial charge on any atom is 0.110 e. The fraction of sp³-hybridized carbons (Fsp3) is 1.00. The van der Waals surface area contributed by atoms with E-state index in [-0.39, 0.29) is 17.6 Å². The van der Waals surface area contributed by atoms with Crippen molar-refractivity contribution in [2.45, 2.75) is 45.0 Å². The van der Waals surface area contributed by atoms with Gasteiger partial charge in [0.1, 0.15) is 6.10 Å². The largest absolute Gasteiger partial charge is 0.390 e. The van der Waals surface area contributed by atoms with Crippen molar-refractivity contribution >= 4 is 0 Å². The molecule has 2 rings (SSSR count). The molecule has 0 unspecified atom stereocenters. The van der Waals surface area contributed by atoms with Crippen molar-refractivity contribution in [3.63, 3.8) is 0 Å². The summed E-state index contributed by atoms with van der Waals surface area (Å²) in [6.07, 6.45) is 2.38. The highest BCUT2D eigenvalue weighted by molar-refractivity contribution is 5.00. The van der Waals surface area contributed by atoms with Gasteiger partial charge in [-0.25, -0.2) is 0 Å². The molecule has 10 heavy (non-hydrogen) atoms. The first kappa shape index (κ1) is 6.62. The van der Waals surface area contributed by atoms with E-state index in [4.69, 9.17) is 4.74 Å². The van der Waals surface area contributed by atoms with Gasteiger partial charge in [0.05, 0.1) is 12.2 Å². The van der Waals surface area contributed by atoms with Gasteiger partial charge in [0.15, 0.2) is 0 Å². The minimum atomic E-state index is -0.200. The molecule has 1 aliphatic heterocycles. The van der Waals surface area contributed by atoms with Gasteiger partial charge in [0, 0.05) is 0 Å². The molecule has 0 aromatic rings. The number of epoxide rings is 1. The Morgan fingerprint density at radius 1 is 1.40 bits per heavy atom. The molecule has 2 heteroatoms. The van der Waals surface area contributed by atoms with Crippen molar-refractivity contribution in [1.82, 2.24) is 0 Å². The van der Waals surface area contributed by atoms with Crippen molar-refractivity contribution in [2.24, 2.45) is 5.41 Å². The number of rotatable bonds is 0. The fourth-order valence-corrected chi connectivity index (χ4v) is 1.97. The van der Waals surface area contributed by atoms with E-state index < -0.39 is 0 Å². The van der Waals surface area contributed by atoms with E-state index in [1.54, 1.807) is 0 Å². The molecule has 2 aliphatic rings. The highest BCUT2D eigenvalue weighted by atomic mass is 16.6. The summed E-state index contributed by atoms with van der Waals surface area (Å²) < 4.78 is 5.28. The first-order valence-corrected chi connectivity index (χ1v) is 3.92. The number of fused-ring (bicyclic) bond motifs is 1. The van der Waals surface area contributed by atoms with Crippen LogP contribution >= 0.6 is 0 Å². The topological polar surface area (TPSA) is 32.8 Å². The Morgan fingerprint density at radius 2 is 2.10 bits per heavy atom. The molecular weight excluding hydrogens is 128 g/mol. The van der Waals surface area contributed by atoms with Crippen molar-refractivity contribution < 1.29 is 9.84 Å². The molecule has 0 amide bonds. The van der Waals surface area contributed by atoms with Crippen LogP contribution in [0.2, 0.25) is 0 Å². The van der Waals surface area contributed by atoms with Gasteiger partial charge in [0.25, 0.3) is 0 Å². The Labute approximate surface area is 61.2 Å². The van der Waals surface area contributed by atoms with Crippen LogP contribution < -0.4 is 0 Å². The second-order valence-corrected chi connectivity index (χ2v) is 4.28. The maximum absolute atomic E-state index is 9.43. The molecule has 0 aromatic heterocycles. The van der Waals surface area contributed by atoms with Crippen molar-refractivity contribution in [3.05, 3.63) is 0 Å². The Bertz CT molecular complexity index is 153. The summed E-state index contributed by atoms with van der Waals surface area (Å²) in [6, 6.07) is 0. The summed E-state index contributed by atoms with van der Waals surface area (Å²) in [4.78, 5) is 0. The van der Waals surface area contributed by atoms with Crippen LogP contribution in [0.4, 0.5) is 0 Å². The van der Waals surface area contributed by atoms with Crippen LogP contribution in [0.25, 0.3) is 0 Å². The smallest absolute Gasteiger partial charge is 0.110 e. The molecule has 2 fully saturated rings. The highest BCUT2D eigenvalue weighted by Gasteiger charge is 2.52. The Hall–Kier alpha value is -0.0800. The third kappa shape index (κ3) is 0.956. The Kier molecular flexibility index (Phi) is 1.15. The van der Waals surface area contributed by atoms with Gasteiger partial charge >= 0.3 is 0 Å². The second kappa shape index (κ2) is 1.74. The lowest BCUT2D eigenvalue weighted by Crippen LogP contribution is -2.32. The third-order valence-electron chi connectivity index (χ3n) is 2.52. The van der Waals surface area contributed by atoms with Gasteiger partial charge in [-0.1, -0.05) is 13.8 Å². The number of aliphatic hydroxyl groups excluding tert-OH is 1. The minimum absolute atomic E-state index is 0.188. The van der Waals surface area contributed by atoms with E-state index in [0.29, 0.717) is 6.10 Å². The lowest BCUT2D eigenvalue weighted by molar-refractivity contribution is 0.0785. The predicted octanol–water partition coefficient (Wildman–Crippen LogP) is 0.935. The van der Waals surface area contributed by atoms with Crippen LogP contribution in [0, 0.1) is 5.41 Å². The van der Waals surface area contributed by atoms with E-state index >= 15 is 0 Å².